The van der Waals surface area contributed by atoms with Crippen LogP contribution in [0.5, 0.6) is 0 Å². The van der Waals surface area contributed by atoms with E-state index < -0.39 is 0 Å². The van der Waals surface area contributed by atoms with Crippen molar-refractivity contribution < 1.29 is 0 Å². The highest BCUT2D eigenvalue weighted by molar-refractivity contribution is 6.19. The van der Waals surface area contributed by atoms with Crippen LogP contribution in [0.15, 0.2) is 194 Å². The molecule has 0 spiro atoms. The van der Waals surface area contributed by atoms with Crippen LogP contribution in [0.25, 0.3) is 111 Å². The van der Waals surface area contributed by atoms with Crippen molar-refractivity contribution in [3.8, 4) is 67.3 Å². The SMILES string of the molecule is Cn1c(-c2ccccc2)nc2ccc(-c3cccc4c(-c5cccc(-c6ccccc6)c5)c5cccc(-c6ccc7nc(-c8ccccc8)n(C)c7c6)c5cc34)cc21. The Morgan fingerprint density at radius 2 is 0.741 bits per heavy atom. The van der Waals surface area contributed by atoms with E-state index in [9.17, 15) is 0 Å². The van der Waals surface area contributed by atoms with Gasteiger partial charge in [-0.2, -0.15) is 0 Å². The molecule has 11 rings (SSSR count). The first-order chi connectivity index (χ1) is 28.6. The molecule has 9 aromatic carbocycles. The Morgan fingerprint density at radius 1 is 0.310 bits per heavy atom. The molecular formula is C54H38N4. The number of hydrogen-bond acceptors (Lipinski definition) is 2. The largest absolute Gasteiger partial charge is 0.327 e. The van der Waals surface area contributed by atoms with Crippen molar-refractivity contribution in [2.75, 3.05) is 0 Å². The predicted octanol–water partition coefficient (Wildman–Crippen LogP) is 13.8. The fourth-order valence-electron chi connectivity index (χ4n) is 8.87. The third-order valence-corrected chi connectivity index (χ3v) is 11.7. The molecule has 58 heavy (non-hydrogen) atoms. The van der Waals surface area contributed by atoms with Crippen molar-refractivity contribution in [1.29, 1.82) is 0 Å². The summed E-state index contributed by atoms with van der Waals surface area (Å²) in [7, 11) is 4.23. The quantitative estimate of drug-likeness (QED) is 0.159. The highest BCUT2D eigenvalue weighted by atomic mass is 15.1. The summed E-state index contributed by atoms with van der Waals surface area (Å²) in [6.45, 7) is 0. The molecule has 0 N–H and O–H groups in total. The normalized spacial score (nSPS) is 11.6. The van der Waals surface area contributed by atoms with Crippen LogP contribution in [0, 0.1) is 0 Å². The van der Waals surface area contributed by atoms with Crippen LogP contribution < -0.4 is 0 Å². The lowest BCUT2D eigenvalue weighted by atomic mass is 9.85. The van der Waals surface area contributed by atoms with Crippen molar-refractivity contribution in [2.24, 2.45) is 14.1 Å². The zero-order valence-electron chi connectivity index (χ0n) is 32.3. The summed E-state index contributed by atoms with van der Waals surface area (Å²) in [6.07, 6.45) is 0. The number of aromatic nitrogens is 4. The molecular weight excluding hydrogens is 705 g/mol. The molecule has 0 atom stereocenters. The van der Waals surface area contributed by atoms with E-state index in [4.69, 9.17) is 9.97 Å². The summed E-state index contributed by atoms with van der Waals surface area (Å²) in [5.74, 6) is 1.92. The molecule has 0 aliphatic carbocycles. The summed E-state index contributed by atoms with van der Waals surface area (Å²) in [6, 6.07) is 69.9. The molecule has 0 saturated carbocycles. The van der Waals surface area contributed by atoms with Gasteiger partial charge < -0.3 is 9.13 Å². The molecule has 4 heteroatoms. The Labute approximate surface area is 337 Å². The number of aryl methyl sites for hydroxylation is 2. The van der Waals surface area contributed by atoms with Gasteiger partial charge in [-0.3, -0.25) is 0 Å². The average Bonchev–Trinajstić information content (AvgIpc) is 3.80. The van der Waals surface area contributed by atoms with Gasteiger partial charge in [0.15, 0.2) is 0 Å². The van der Waals surface area contributed by atoms with E-state index in [0.29, 0.717) is 0 Å². The molecule has 0 aliphatic rings. The summed E-state index contributed by atoms with van der Waals surface area (Å²) < 4.78 is 4.43. The van der Waals surface area contributed by atoms with Crippen LogP contribution in [0.3, 0.4) is 0 Å². The molecule has 0 amide bonds. The fourth-order valence-corrected chi connectivity index (χ4v) is 8.87. The topological polar surface area (TPSA) is 35.6 Å². The van der Waals surface area contributed by atoms with E-state index >= 15 is 0 Å². The molecule has 2 heterocycles. The Hall–Kier alpha value is -7.56. The lowest BCUT2D eigenvalue weighted by Crippen LogP contribution is -1.93. The maximum Gasteiger partial charge on any atom is 0.140 e. The Bertz CT molecular complexity index is 3160. The van der Waals surface area contributed by atoms with Crippen LogP contribution in [-0.2, 0) is 14.1 Å². The lowest BCUT2D eigenvalue weighted by Gasteiger charge is -2.18. The third kappa shape index (κ3) is 5.53. The van der Waals surface area contributed by atoms with E-state index in [2.05, 4.69) is 205 Å². The molecule has 4 nitrogen and oxygen atoms in total. The number of nitrogens with zero attached hydrogens (tertiary/aromatic N) is 4. The molecule has 0 bridgehead atoms. The highest BCUT2D eigenvalue weighted by Crippen LogP contribution is 2.44. The predicted molar refractivity (Wildman–Crippen MR) is 243 cm³/mol. The van der Waals surface area contributed by atoms with Crippen LogP contribution in [0.4, 0.5) is 0 Å². The molecule has 2 aromatic heterocycles. The second-order valence-electron chi connectivity index (χ2n) is 15.1. The van der Waals surface area contributed by atoms with Gasteiger partial charge in [-0.15, -0.1) is 0 Å². The first-order valence-electron chi connectivity index (χ1n) is 19.8. The third-order valence-electron chi connectivity index (χ3n) is 11.7. The van der Waals surface area contributed by atoms with Gasteiger partial charge in [-0.25, -0.2) is 9.97 Å². The van der Waals surface area contributed by atoms with Crippen LogP contribution >= 0.6 is 0 Å². The standard InChI is InChI=1S/C54H38N4/c1-57-50-32-39(27-29-48(50)55-53(57)36-17-8-4-9-18-36)42-23-13-25-44-46(42)34-47-43(40-28-30-49-51(33-40)58(2)54(56-49)37-19-10-5-11-20-37)24-14-26-45(47)52(44)41-22-12-21-38(31-41)35-15-6-3-7-16-35/h3-34H,1-2H3. The van der Waals surface area contributed by atoms with Gasteiger partial charge in [0.2, 0.25) is 0 Å². The van der Waals surface area contributed by atoms with Crippen molar-refractivity contribution in [2.45, 2.75) is 0 Å². The summed E-state index contributed by atoms with van der Waals surface area (Å²) in [5.41, 5.74) is 15.9. The van der Waals surface area contributed by atoms with Crippen molar-refractivity contribution in [1.82, 2.24) is 19.1 Å². The Balaban J connectivity index is 1.16. The molecule has 274 valence electrons. The van der Waals surface area contributed by atoms with Crippen LogP contribution in [0.1, 0.15) is 0 Å². The van der Waals surface area contributed by atoms with Gasteiger partial charge in [0, 0.05) is 25.2 Å². The zero-order chi connectivity index (χ0) is 38.7. The molecule has 0 unspecified atom stereocenters. The second-order valence-corrected chi connectivity index (χ2v) is 15.1. The molecule has 0 saturated heterocycles. The molecule has 0 fully saturated rings. The number of rotatable bonds is 6. The fraction of sp³-hybridized carbons (Fsp3) is 0.0370. The number of fused-ring (bicyclic) bond motifs is 4. The molecule has 0 aliphatic heterocycles. The van der Waals surface area contributed by atoms with Gasteiger partial charge in [-0.1, -0.05) is 158 Å². The maximum atomic E-state index is 5.06. The van der Waals surface area contributed by atoms with E-state index in [0.717, 1.165) is 56.0 Å². The smallest absolute Gasteiger partial charge is 0.140 e. The minimum atomic E-state index is 0.961. The second kappa shape index (κ2) is 13.6. The summed E-state index contributed by atoms with van der Waals surface area (Å²) in [4.78, 5) is 10.1. The van der Waals surface area contributed by atoms with Gasteiger partial charge in [0.05, 0.1) is 22.1 Å². The summed E-state index contributed by atoms with van der Waals surface area (Å²) >= 11 is 0. The first-order valence-corrected chi connectivity index (χ1v) is 19.8. The Morgan fingerprint density at radius 3 is 1.24 bits per heavy atom. The summed E-state index contributed by atoms with van der Waals surface area (Å²) in [5, 5.41) is 4.86. The van der Waals surface area contributed by atoms with Crippen molar-refractivity contribution in [3.05, 3.63) is 194 Å². The minimum absolute atomic E-state index is 0.961. The average molecular weight is 743 g/mol. The van der Waals surface area contributed by atoms with Gasteiger partial charge in [0.1, 0.15) is 11.6 Å². The van der Waals surface area contributed by atoms with E-state index in [-0.39, 0.29) is 0 Å². The number of imidazole rings is 2. The van der Waals surface area contributed by atoms with Gasteiger partial charge >= 0.3 is 0 Å². The van der Waals surface area contributed by atoms with Gasteiger partial charge in [0.25, 0.3) is 0 Å². The van der Waals surface area contributed by atoms with Crippen LogP contribution in [-0.4, -0.2) is 19.1 Å². The lowest BCUT2D eigenvalue weighted by molar-refractivity contribution is 0.959. The first kappa shape index (κ1) is 33.8. The van der Waals surface area contributed by atoms with E-state index in [1.54, 1.807) is 0 Å². The zero-order valence-corrected chi connectivity index (χ0v) is 32.3. The van der Waals surface area contributed by atoms with Crippen LogP contribution in [0.2, 0.25) is 0 Å². The highest BCUT2D eigenvalue weighted by Gasteiger charge is 2.19. The molecule has 0 radical (unpaired) electrons. The number of benzene rings is 9. The van der Waals surface area contributed by atoms with E-state index in [1.807, 2.05) is 12.1 Å². The molecule has 11 aromatic rings. The Kier molecular flexibility index (Phi) is 7.90. The van der Waals surface area contributed by atoms with Gasteiger partial charge in [-0.05, 0) is 102 Å². The van der Waals surface area contributed by atoms with Crippen molar-refractivity contribution in [3.63, 3.8) is 0 Å². The van der Waals surface area contributed by atoms with E-state index in [1.165, 1.54) is 54.9 Å². The number of hydrogen-bond donors (Lipinski definition) is 0. The van der Waals surface area contributed by atoms with Crippen molar-refractivity contribution >= 4 is 43.6 Å². The maximum absolute atomic E-state index is 5.06. The minimum Gasteiger partial charge on any atom is -0.327 e. The monoisotopic (exact) mass is 742 g/mol.